The summed E-state index contributed by atoms with van der Waals surface area (Å²) in [6.45, 7) is 0. The predicted octanol–water partition coefficient (Wildman–Crippen LogP) is 6.82. The van der Waals surface area contributed by atoms with Crippen LogP contribution in [0.5, 0.6) is 0 Å². The van der Waals surface area contributed by atoms with Crippen LogP contribution in [-0.2, 0) is 14.3 Å². The van der Waals surface area contributed by atoms with Crippen LogP contribution in [0.1, 0.15) is 63.5 Å². The van der Waals surface area contributed by atoms with Crippen molar-refractivity contribution in [3.05, 3.63) is 85.7 Å². The number of carboxylic acid groups (broad SMARTS) is 1. The summed E-state index contributed by atoms with van der Waals surface area (Å²) in [5.41, 5.74) is 4.24. The number of aliphatic carboxylic acids is 1. The fraction of sp³-hybridized carbons (Fsp3) is 0.394. The van der Waals surface area contributed by atoms with Crippen LogP contribution >= 0.6 is 0 Å². The molecule has 2 aliphatic rings. The van der Waals surface area contributed by atoms with Gasteiger partial charge in [0.2, 0.25) is 0 Å². The van der Waals surface area contributed by atoms with Gasteiger partial charge >= 0.3 is 11.9 Å². The van der Waals surface area contributed by atoms with Gasteiger partial charge in [0.05, 0.1) is 43.0 Å². The number of rotatable bonds is 6. The number of ether oxygens (including phenoxy) is 1. The Kier molecular flexibility index (Phi) is 9.29. The smallest absolute Gasteiger partial charge is 0.308 e. The predicted molar refractivity (Wildman–Crippen MR) is 157 cm³/mol. The van der Waals surface area contributed by atoms with Crippen LogP contribution in [0, 0.1) is 11.8 Å². The maximum Gasteiger partial charge on any atom is 0.308 e. The number of nitrogens with zero attached hydrogens (tertiary/aromatic N) is 4. The van der Waals surface area contributed by atoms with Gasteiger partial charge in [-0.2, -0.15) is 0 Å². The van der Waals surface area contributed by atoms with Crippen LogP contribution in [0.3, 0.4) is 0 Å². The van der Waals surface area contributed by atoms with Crippen LogP contribution in [0.15, 0.2) is 85.7 Å². The summed E-state index contributed by atoms with van der Waals surface area (Å²) in [6.07, 6.45) is 15.1. The van der Waals surface area contributed by atoms with Crippen molar-refractivity contribution >= 4 is 11.9 Å². The minimum Gasteiger partial charge on any atom is -0.481 e. The number of hydrogen-bond acceptors (Lipinski definition) is 5. The second-order valence-electron chi connectivity index (χ2n) is 11.0. The molecule has 0 radical (unpaired) electrons. The molecule has 4 aromatic rings. The van der Waals surface area contributed by atoms with E-state index in [9.17, 15) is 9.59 Å². The summed E-state index contributed by atoms with van der Waals surface area (Å²) < 4.78 is 9.16. The van der Waals surface area contributed by atoms with E-state index in [2.05, 4.69) is 43.6 Å². The number of carbonyl (C=O) groups excluding carboxylic acids is 1. The fourth-order valence-electron chi connectivity index (χ4n) is 5.99. The molecule has 2 heterocycles. The van der Waals surface area contributed by atoms with Gasteiger partial charge in [0.1, 0.15) is 0 Å². The van der Waals surface area contributed by atoms with E-state index in [-0.39, 0.29) is 17.8 Å². The van der Waals surface area contributed by atoms with Gasteiger partial charge in [-0.05, 0) is 51.4 Å². The second-order valence-corrected chi connectivity index (χ2v) is 11.0. The highest BCUT2D eigenvalue weighted by molar-refractivity contribution is 5.72. The lowest BCUT2D eigenvalue weighted by molar-refractivity contribution is -0.146. The normalized spacial score (nSPS) is 22.3. The highest BCUT2D eigenvalue weighted by Crippen LogP contribution is 2.34. The first-order chi connectivity index (χ1) is 20.0. The standard InChI is InChI=1S/C17H20N2O2.C16H18N2O2/c1-21-17(20)14-7-9-15(10-8-14)19-11-16(18-12-19)13-5-3-2-4-6-13;19-16(20)13-6-8-14(9-7-13)18-10-15(17-11-18)12-4-2-1-3-5-12/h2-6,11-12,14-15H,7-10H2,1H3;1-5,10-11,13-14H,6-9H2,(H,19,20). The van der Waals surface area contributed by atoms with E-state index < -0.39 is 5.97 Å². The summed E-state index contributed by atoms with van der Waals surface area (Å²) >= 11 is 0. The summed E-state index contributed by atoms with van der Waals surface area (Å²) in [4.78, 5) is 31.5. The lowest BCUT2D eigenvalue weighted by Crippen LogP contribution is -2.24. The van der Waals surface area contributed by atoms with Crippen molar-refractivity contribution in [2.75, 3.05) is 7.11 Å². The van der Waals surface area contributed by atoms with Gasteiger partial charge in [-0.1, -0.05) is 60.7 Å². The molecule has 0 bridgehead atoms. The van der Waals surface area contributed by atoms with E-state index in [1.54, 1.807) is 0 Å². The van der Waals surface area contributed by atoms with E-state index in [4.69, 9.17) is 9.84 Å². The SMILES string of the molecule is COC(=O)C1CCC(n2cnc(-c3ccccc3)c2)CC1.O=C(O)C1CCC(n2cnc(-c3ccccc3)c2)CC1. The second kappa shape index (κ2) is 13.4. The Hall–Kier alpha value is -4.20. The van der Waals surface area contributed by atoms with Crippen LogP contribution < -0.4 is 0 Å². The van der Waals surface area contributed by atoms with Crippen molar-refractivity contribution in [2.45, 2.75) is 63.5 Å². The molecule has 8 heteroatoms. The van der Waals surface area contributed by atoms with Gasteiger partial charge in [-0.15, -0.1) is 0 Å². The molecule has 0 saturated heterocycles. The highest BCUT2D eigenvalue weighted by atomic mass is 16.5. The van der Waals surface area contributed by atoms with Crippen molar-refractivity contribution in [1.29, 1.82) is 0 Å². The molecule has 2 saturated carbocycles. The molecule has 2 aromatic heterocycles. The highest BCUT2D eigenvalue weighted by Gasteiger charge is 2.28. The number of methoxy groups -OCH3 is 1. The number of carboxylic acids is 1. The first-order valence-electron chi connectivity index (χ1n) is 14.5. The molecule has 0 spiro atoms. The zero-order valence-electron chi connectivity index (χ0n) is 23.5. The van der Waals surface area contributed by atoms with Crippen molar-refractivity contribution < 1.29 is 19.4 Å². The van der Waals surface area contributed by atoms with Crippen LogP contribution in [-0.4, -0.2) is 43.3 Å². The fourth-order valence-corrected chi connectivity index (χ4v) is 5.99. The van der Waals surface area contributed by atoms with Gasteiger partial charge in [-0.3, -0.25) is 9.59 Å². The van der Waals surface area contributed by atoms with Crippen molar-refractivity contribution in [3.63, 3.8) is 0 Å². The molecule has 214 valence electrons. The third-order valence-electron chi connectivity index (χ3n) is 8.46. The maximum atomic E-state index is 11.6. The average Bonchev–Trinajstić information content (AvgIpc) is 3.73. The molecule has 41 heavy (non-hydrogen) atoms. The van der Waals surface area contributed by atoms with Gasteiger partial charge < -0.3 is 19.0 Å². The monoisotopic (exact) mass is 554 g/mol. The van der Waals surface area contributed by atoms with Crippen molar-refractivity contribution in [2.24, 2.45) is 11.8 Å². The van der Waals surface area contributed by atoms with Crippen molar-refractivity contribution in [1.82, 2.24) is 19.1 Å². The number of aromatic nitrogens is 4. The number of imidazole rings is 2. The molecule has 2 aromatic carbocycles. The van der Waals surface area contributed by atoms with E-state index in [1.165, 1.54) is 7.11 Å². The van der Waals surface area contributed by atoms with E-state index in [0.717, 1.165) is 73.9 Å². The molecule has 6 rings (SSSR count). The number of carbonyl (C=O) groups is 2. The third-order valence-corrected chi connectivity index (χ3v) is 8.46. The average molecular weight is 555 g/mol. The van der Waals surface area contributed by atoms with Crippen LogP contribution in [0.4, 0.5) is 0 Å². The Balaban J connectivity index is 0.000000165. The van der Waals surface area contributed by atoms with Gasteiger partial charge in [0.15, 0.2) is 0 Å². The Morgan fingerprint density at radius 2 is 1.10 bits per heavy atom. The van der Waals surface area contributed by atoms with Gasteiger partial charge in [-0.25, -0.2) is 9.97 Å². The first-order valence-corrected chi connectivity index (χ1v) is 14.5. The van der Waals surface area contributed by atoms with E-state index in [1.807, 2.05) is 61.2 Å². The topological polar surface area (TPSA) is 99.2 Å². The zero-order valence-corrected chi connectivity index (χ0v) is 23.5. The van der Waals surface area contributed by atoms with Crippen LogP contribution in [0.2, 0.25) is 0 Å². The lowest BCUT2D eigenvalue weighted by Gasteiger charge is -2.27. The Morgan fingerprint density at radius 1 is 0.683 bits per heavy atom. The zero-order chi connectivity index (χ0) is 28.6. The van der Waals surface area contributed by atoms with Gasteiger partial charge in [0, 0.05) is 35.6 Å². The molecule has 1 N–H and O–H groups in total. The molecule has 8 nitrogen and oxygen atoms in total. The third kappa shape index (κ3) is 7.12. The molecule has 0 amide bonds. The molecular weight excluding hydrogens is 516 g/mol. The lowest BCUT2D eigenvalue weighted by atomic mass is 9.86. The molecule has 2 fully saturated rings. The Labute approximate surface area is 241 Å². The van der Waals surface area contributed by atoms with Crippen molar-refractivity contribution in [3.8, 4) is 22.5 Å². The van der Waals surface area contributed by atoms with Crippen LogP contribution in [0.25, 0.3) is 22.5 Å². The minimum atomic E-state index is -0.654. The summed E-state index contributed by atoms with van der Waals surface area (Å²) in [5.74, 6) is -0.810. The Bertz CT molecular complexity index is 1400. The quantitative estimate of drug-likeness (QED) is 0.263. The van der Waals surface area contributed by atoms with Gasteiger partial charge in [0.25, 0.3) is 0 Å². The maximum absolute atomic E-state index is 11.6. The summed E-state index contributed by atoms with van der Waals surface area (Å²) in [5, 5.41) is 9.03. The number of esters is 1. The summed E-state index contributed by atoms with van der Waals surface area (Å²) in [6, 6.07) is 21.1. The summed E-state index contributed by atoms with van der Waals surface area (Å²) in [7, 11) is 1.47. The minimum absolute atomic E-state index is 0.0657. The van der Waals surface area contributed by atoms with E-state index >= 15 is 0 Å². The molecule has 0 aliphatic heterocycles. The van der Waals surface area contributed by atoms with E-state index in [0.29, 0.717) is 12.1 Å². The molecular formula is C33H38N4O4. The molecule has 0 atom stereocenters. The Morgan fingerprint density at radius 3 is 1.49 bits per heavy atom. The molecule has 2 aliphatic carbocycles. The molecule has 0 unspecified atom stereocenters. The first kappa shape index (κ1) is 28.3. The number of hydrogen-bond donors (Lipinski definition) is 1. The number of benzene rings is 2. The largest absolute Gasteiger partial charge is 0.481 e.